The molecule has 4 heterocycles. The lowest BCUT2D eigenvalue weighted by Gasteiger charge is -2.37. The van der Waals surface area contributed by atoms with Crippen LogP contribution in [0.2, 0.25) is 0 Å². The minimum absolute atomic E-state index is 0.0293. The number of nitrogens with zero attached hydrogens (tertiary/aromatic N) is 2. The number of hydrogen-bond donors (Lipinski definition) is 0. The van der Waals surface area contributed by atoms with Gasteiger partial charge in [0.1, 0.15) is 18.9 Å². The summed E-state index contributed by atoms with van der Waals surface area (Å²) in [5.41, 5.74) is 2.39. The van der Waals surface area contributed by atoms with Gasteiger partial charge in [-0.05, 0) is 72.0 Å². The fraction of sp³-hybridized carbons (Fsp3) is 0.448. The molecule has 196 valence electrons. The standard InChI is InChI=1S/C29H34N2O5S/c1-20(2)21-7-9-22(10-8-21)36-19-25-24-12-16-37-27(24)11-13-31(25)28(32)18-30(17-23-5-3-14-34-23)29(33)26-6-4-15-35-26/h4,6-10,12,15-16,20,23,25H,3,5,11,13-14,17-19H2,1-2H3/t23-,25-/m1/s1. The number of carbonyl (C=O) groups is 2. The Bertz CT molecular complexity index is 1180. The molecule has 0 spiro atoms. The van der Waals surface area contributed by atoms with E-state index in [2.05, 4.69) is 37.4 Å². The number of benzene rings is 1. The maximum Gasteiger partial charge on any atom is 0.290 e. The maximum atomic E-state index is 13.7. The Morgan fingerprint density at radius 1 is 1.19 bits per heavy atom. The van der Waals surface area contributed by atoms with Crippen LogP contribution in [0.1, 0.15) is 65.2 Å². The molecule has 0 unspecified atom stereocenters. The number of ether oxygens (including phenoxy) is 2. The Balaban J connectivity index is 1.32. The number of rotatable bonds is 9. The summed E-state index contributed by atoms with van der Waals surface area (Å²) in [5, 5.41) is 2.08. The molecule has 2 amide bonds. The predicted molar refractivity (Wildman–Crippen MR) is 142 cm³/mol. The zero-order chi connectivity index (χ0) is 25.8. The van der Waals surface area contributed by atoms with Gasteiger partial charge in [-0.25, -0.2) is 0 Å². The molecule has 1 aromatic carbocycles. The highest BCUT2D eigenvalue weighted by Gasteiger charge is 2.35. The van der Waals surface area contributed by atoms with Crippen LogP contribution in [-0.2, 0) is 16.0 Å². The molecule has 0 saturated carbocycles. The van der Waals surface area contributed by atoms with Crippen molar-refractivity contribution in [1.29, 1.82) is 0 Å². The van der Waals surface area contributed by atoms with Crippen molar-refractivity contribution in [3.8, 4) is 5.75 Å². The third kappa shape index (κ3) is 5.91. The lowest BCUT2D eigenvalue weighted by atomic mass is 10.00. The van der Waals surface area contributed by atoms with Crippen molar-refractivity contribution in [2.45, 2.75) is 51.2 Å². The topological polar surface area (TPSA) is 72.2 Å². The molecule has 0 aliphatic carbocycles. The van der Waals surface area contributed by atoms with Crippen LogP contribution in [0.3, 0.4) is 0 Å². The molecule has 3 aromatic rings. The molecule has 5 rings (SSSR count). The van der Waals surface area contributed by atoms with E-state index < -0.39 is 0 Å². The highest BCUT2D eigenvalue weighted by atomic mass is 32.1. The summed E-state index contributed by atoms with van der Waals surface area (Å²) in [5.74, 6) is 1.08. The smallest absolute Gasteiger partial charge is 0.290 e. The molecule has 37 heavy (non-hydrogen) atoms. The lowest BCUT2D eigenvalue weighted by molar-refractivity contribution is -0.135. The van der Waals surface area contributed by atoms with Gasteiger partial charge >= 0.3 is 0 Å². The molecule has 2 aromatic heterocycles. The molecule has 0 bridgehead atoms. The third-order valence-corrected chi connectivity index (χ3v) is 8.16. The highest BCUT2D eigenvalue weighted by Crippen LogP contribution is 2.34. The van der Waals surface area contributed by atoms with Gasteiger partial charge in [0.05, 0.1) is 18.4 Å². The van der Waals surface area contributed by atoms with Crippen molar-refractivity contribution in [3.63, 3.8) is 0 Å². The number of thiophene rings is 1. The van der Waals surface area contributed by atoms with E-state index in [4.69, 9.17) is 13.9 Å². The Morgan fingerprint density at radius 2 is 2.03 bits per heavy atom. The van der Waals surface area contributed by atoms with Crippen LogP contribution >= 0.6 is 11.3 Å². The molecule has 8 heteroatoms. The molecular formula is C29H34N2O5S. The van der Waals surface area contributed by atoms with Crippen LogP contribution in [0.4, 0.5) is 0 Å². The molecule has 0 radical (unpaired) electrons. The third-order valence-electron chi connectivity index (χ3n) is 7.16. The maximum absolute atomic E-state index is 13.7. The fourth-order valence-electron chi connectivity index (χ4n) is 5.06. The van der Waals surface area contributed by atoms with Crippen molar-refractivity contribution in [2.75, 3.05) is 32.8 Å². The zero-order valence-electron chi connectivity index (χ0n) is 21.4. The predicted octanol–water partition coefficient (Wildman–Crippen LogP) is 5.29. The first-order chi connectivity index (χ1) is 18.0. The van der Waals surface area contributed by atoms with E-state index in [9.17, 15) is 9.59 Å². The number of furan rings is 1. The summed E-state index contributed by atoms with van der Waals surface area (Å²) < 4.78 is 17.3. The molecule has 2 aliphatic rings. The number of carbonyl (C=O) groups excluding carboxylic acids is 2. The van der Waals surface area contributed by atoms with Crippen molar-refractivity contribution in [3.05, 3.63) is 75.9 Å². The Morgan fingerprint density at radius 3 is 2.73 bits per heavy atom. The van der Waals surface area contributed by atoms with E-state index in [0.717, 1.165) is 30.6 Å². The SMILES string of the molecule is CC(C)c1ccc(OC[C@@H]2c3ccsc3CCN2C(=O)CN(C[C@H]2CCCO2)C(=O)c2ccco2)cc1. The zero-order valence-corrected chi connectivity index (χ0v) is 22.2. The molecule has 1 fully saturated rings. The quantitative estimate of drug-likeness (QED) is 0.382. The molecule has 2 aliphatic heterocycles. The summed E-state index contributed by atoms with van der Waals surface area (Å²) in [6, 6.07) is 13.3. The minimum Gasteiger partial charge on any atom is -0.491 e. The van der Waals surface area contributed by atoms with Gasteiger partial charge in [-0.3, -0.25) is 9.59 Å². The summed E-state index contributed by atoms with van der Waals surface area (Å²) in [7, 11) is 0. The van der Waals surface area contributed by atoms with Crippen molar-refractivity contribution in [1.82, 2.24) is 9.80 Å². The van der Waals surface area contributed by atoms with Crippen LogP contribution in [0.15, 0.2) is 58.5 Å². The molecule has 2 atom stereocenters. The molecule has 1 saturated heterocycles. The van der Waals surface area contributed by atoms with E-state index in [1.807, 2.05) is 17.0 Å². The van der Waals surface area contributed by atoms with E-state index >= 15 is 0 Å². The van der Waals surface area contributed by atoms with Crippen LogP contribution in [0.25, 0.3) is 0 Å². The van der Waals surface area contributed by atoms with Gasteiger partial charge in [0.15, 0.2) is 5.76 Å². The highest BCUT2D eigenvalue weighted by molar-refractivity contribution is 7.10. The average molecular weight is 523 g/mol. The largest absolute Gasteiger partial charge is 0.491 e. The number of fused-ring (bicyclic) bond motifs is 1. The molecule has 7 nitrogen and oxygen atoms in total. The average Bonchev–Trinajstić information content (AvgIpc) is 3.69. The monoisotopic (exact) mass is 522 g/mol. The van der Waals surface area contributed by atoms with Crippen molar-refractivity contribution in [2.24, 2.45) is 0 Å². The summed E-state index contributed by atoms with van der Waals surface area (Å²) in [4.78, 5) is 31.7. The van der Waals surface area contributed by atoms with Gasteiger partial charge in [0.25, 0.3) is 5.91 Å². The second-order valence-corrected chi connectivity index (χ2v) is 11.0. The van der Waals surface area contributed by atoms with E-state index in [-0.39, 0.29) is 36.3 Å². The normalized spacial score (nSPS) is 19.2. The molecule has 0 N–H and O–H groups in total. The Labute approximate surface area is 222 Å². The van der Waals surface area contributed by atoms with Gasteiger partial charge in [0.2, 0.25) is 5.91 Å². The summed E-state index contributed by atoms with van der Waals surface area (Å²) in [6.45, 7) is 6.30. The Kier molecular flexibility index (Phi) is 7.96. The van der Waals surface area contributed by atoms with Gasteiger partial charge in [-0.1, -0.05) is 26.0 Å². The van der Waals surface area contributed by atoms with Gasteiger partial charge in [0, 0.05) is 24.6 Å². The van der Waals surface area contributed by atoms with E-state index in [0.29, 0.717) is 32.2 Å². The van der Waals surface area contributed by atoms with Crippen LogP contribution in [-0.4, -0.2) is 60.6 Å². The van der Waals surface area contributed by atoms with Gasteiger partial charge in [-0.15, -0.1) is 11.3 Å². The van der Waals surface area contributed by atoms with Crippen LogP contribution in [0, 0.1) is 0 Å². The van der Waals surface area contributed by atoms with E-state index in [1.165, 1.54) is 16.7 Å². The first kappa shape index (κ1) is 25.5. The van der Waals surface area contributed by atoms with E-state index in [1.54, 1.807) is 28.4 Å². The lowest BCUT2D eigenvalue weighted by Crippen LogP contribution is -2.49. The second-order valence-electron chi connectivity index (χ2n) is 9.98. The number of amides is 2. The Hall–Kier alpha value is -3.10. The molecular weight excluding hydrogens is 488 g/mol. The van der Waals surface area contributed by atoms with Gasteiger partial charge < -0.3 is 23.7 Å². The number of hydrogen-bond acceptors (Lipinski definition) is 6. The van der Waals surface area contributed by atoms with Gasteiger partial charge in [-0.2, -0.15) is 0 Å². The minimum atomic E-state index is -0.292. The summed E-state index contributed by atoms with van der Waals surface area (Å²) in [6.07, 6.45) is 4.06. The second kappa shape index (κ2) is 11.5. The first-order valence-corrected chi connectivity index (χ1v) is 13.9. The van der Waals surface area contributed by atoms with Crippen molar-refractivity contribution >= 4 is 23.2 Å². The van der Waals surface area contributed by atoms with Crippen LogP contribution in [0.5, 0.6) is 5.75 Å². The fourth-order valence-corrected chi connectivity index (χ4v) is 5.99. The van der Waals surface area contributed by atoms with Crippen molar-refractivity contribution < 1.29 is 23.5 Å². The summed E-state index contributed by atoms with van der Waals surface area (Å²) >= 11 is 1.72. The first-order valence-electron chi connectivity index (χ1n) is 13.0. The van der Waals surface area contributed by atoms with Crippen LogP contribution < -0.4 is 4.74 Å².